The van der Waals surface area contributed by atoms with Crippen molar-refractivity contribution >= 4 is 11.8 Å². The van der Waals surface area contributed by atoms with Crippen LogP contribution in [0.3, 0.4) is 0 Å². The highest BCUT2D eigenvalue weighted by Crippen LogP contribution is 2.52. The van der Waals surface area contributed by atoms with Crippen molar-refractivity contribution in [3.8, 4) is 5.75 Å². The van der Waals surface area contributed by atoms with Gasteiger partial charge in [0.15, 0.2) is 0 Å². The molecule has 2 aromatic carbocycles. The number of fused-ring (bicyclic) bond motifs is 4. The summed E-state index contributed by atoms with van der Waals surface area (Å²) in [5.41, 5.74) is 2.13. The summed E-state index contributed by atoms with van der Waals surface area (Å²) in [6, 6.07) is 14.3. The van der Waals surface area contributed by atoms with Crippen LogP contribution in [0.5, 0.6) is 5.75 Å². The lowest BCUT2D eigenvalue weighted by Crippen LogP contribution is -2.32. The Bertz CT molecular complexity index is 663. The van der Waals surface area contributed by atoms with E-state index in [1.165, 1.54) is 4.90 Å². The van der Waals surface area contributed by atoms with E-state index in [-0.39, 0.29) is 0 Å². The van der Waals surface area contributed by atoms with Crippen LogP contribution in [0.15, 0.2) is 52.3 Å². The predicted octanol–water partition coefficient (Wildman–Crippen LogP) is 3.41. The van der Waals surface area contributed by atoms with Crippen LogP contribution in [0, 0.1) is 0 Å². The van der Waals surface area contributed by atoms with E-state index in [1.54, 1.807) is 18.9 Å². The molecule has 1 spiro atoms. The molecule has 0 aliphatic carbocycles. The van der Waals surface area contributed by atoms with Crippen LogP contribution in [0.25, 0.3) is 0 Å². The molecule has 20 heavy (non-hydrogen) atoms. The number of hydrogen-bond donors (Lipinski definition) is 0. The summed E-state index contributed by atoms with van der Waals surface area (Å²) in [5, 5.41) is 0. The Morgan fingerprint density at radius 3 is 2.55 bits per heavy atom. The highest BCUT2D eigenvalue weighted by atomic mass is 32.2. The van der Waals surface area contributed by atoms with Crippen molar-refractivity contribution in [2.75, 3.05) is 20.3 Å². The van der Waals surface area contributed by atoms with E-state index < -0.39 is 5.79 Å². The molecule has 0 aromatic heterocycles. The van der Waals surface area contributed by atoms with Gasteiger partial charge in [0.05, 0.1) is 20.3 Å². The molecular formula is C16H14O3S. The second-order valence-electron chi connectivity index (χ2n) is 4.77. The number of hydrogen-bond acceptors (Lipinski definition) is 4. The van der Waals surface area contributed by atoms with Crippen molar-refractivity contribution in [2.45, 2.75) is 15.6 Å². The van der Waals surface area contributed by atoms with Gasteiger partial charge in [0.2, 0.25) is 5.79 Å². The van der Waals surface area contributed by atoms with Crippen LogP contribution in [0.2, 0.25) is 0 Å². The molecule has 3 nitrogen and oxygen atoms in total. The molecule has 102 valence electrons. The molecule has 0 N–H and O–H groups in total. The summed E-state index contributed by atoms with van der Waals surface area (Å²) in [6.45, 7) is 1.21. The van der Waals surface area contributed by atoms with Crippen LogP contribution < -0.4 is 4.74 Å². The minimum atomic E-state index is -0.772. The maximum atomic E-state index is 6.04. The maximum absolute atomic E-state index is 6.04. The molecule has 0 amide bonds. The fourth-order valence-corrected chi connectivity index (χ4v) is 3.93. The standard InChI is InChI=1S/C16H14O3S/c1-17-11-6-7-15-13(10-11)16(18-8-9-19-16)12-4-2-3-5-14(12)20-15/h2-7,10H,8-9H2,1H3. The fraction of sp³-hybridized carbons (Fsp3) is 0.250. The van der Waals surface area contributed by atoms with Gasteiger partial charge in [0.25, 0.3) is 0 Å². The zero-order valence-electron chi connectivity index (χ0n) is 11.1. The van der Waals surface area contributed by atoms with Crippen LogP contribution in [0.4, 0.5) is 0 Å². The van der Waals surface area contributed by atoms with Gasteiger partial charge in [-0.05, 0) is 24.3 Å². The number of benzene rings is 2. The van der Waals surface area contributed by atoms with E-state index in [2.05, 4.69) is 18.2 Å². The van der Waals surface area contributed by atoms with Crippen LogP contribution in [-0.2, 0) is 15.3 Å². The van der Waals surface area contributed by atoms with E-state index in [0.29, 0.717) is 13.2 Å². The molecule has 4 heteroatoms. The molecule has 1 fully saturated rings. The van der Waals surface area contributed by atoms with Crippen molar-refractivity contribution in [1.82, 2.24) is 0 Å². The molecule has 2 heterocycles. The molecule has 1 saturated heterocycles. The quantitative estimate of drug-likeness (QED) is 0.803. The molecule has 2 aromatic rings. The van der Waals surface area contributed by atoms with E-state index in [0.717, 1.165) is 21.8 Å². The average molecular weight is 286 g/mol. The van der Waals surface area contributed by atoms with E-state index in [1.807, 2.05) is 24.3 Å². The normalized spacial score (nSPS) is 18.6. The molecule has 0 atom stereocenters. The Morgan fingerprint density at radius 1 is 1.00 bits per heavy atom. The van der Waals surface area contributed by atoms with Crippen molar-refractivity contribution in [2.24, 2.45) is 0 Å². The van der Waals surface area contributed by atoms with Gasteiger partial charge in [0, 0.05) is 20.9 Å². The van der Waals surface area contributed by atoms with Gasteiger partial charge in [0.1, 0.15) is 5.75 Å². The lowest BCUT2D eigenvalue weighted by atomic mass is 9.96. The minimum Gasteiger partial charge on any atom is -0.497 e. The third-order valence-electron chi connectivity index (χ3n) is 3.70. The zero-order valence-corrected chi connectivity index (χ0v) is 11.9. The summed E-state index contributed by atoms with van der Waals surface area (Å²) in [5.74, 6) is 0.0494. The zero-order chi connectivity index (χ0) is 13.6. The third kappa shape index (κ3) is 1.62. The first-order valence-electron chi connectivity index (χ1n) is 6.57. The van der Waals surface area contributed by atoms with Gasteiger partial charge in [-0.25, -0.2) is 0 Å². The first kappa shape index (κ1) is 12.3. The Hall–Kier alpha value is -1.49. The summed E-state index contributed by atoms with van der Waals surface area (Å²) in [6.07, 6.45) is 0. The average Bonchev–Trinajstić information content (AvgIpc) is 2.98. The predicted molar refractivity (Wildman–Crippen MR) is 76.2 cm³/mol. The van der Waals surface area contributed by atoms with Gasteiger partial charge >= 0.3 is 0 Å². The van der Waals surface area contributed by atoms with Crippen molar-refractivity contribution in [3.63, 3.8) is 0 Å². The Balaban J connectivity index is 1.97. The van der Waals surface area contributed by atoms with E-state index >= 15 is 0 Å². The Labute approximate surface area is 121 Å². The third-order valence-corrected chi connectivity index (χ3v) is 4.85. The van der Waals surface area contributed by atoms with Gasteiger partial charge in [-0.15, -0.1) is 0 Å². The highest BCUT2D eigenvalue weighted by molar-refractivity contribution is 7.99. The van der Waals surface area contributed by atoms with Crippen molar-refractivity contribution in [1.29, 1.82) is 0 Å². The van der Waals surface area contributed by atoms with Gasteiger partial charge in [-0.2, -0.15) is 0 Å². The molecular weight excluding hydrogens is 272 g/mol. The number of methoxy groups -OCH3 is 1. The van der Waals surface area contributed by atoms with Gasteiger partial charge in [-0.1, -0.05) is 30.0 Å². The van der Waals surface area contributed by atoms with E-state index in [9.17, 15) is 0 Å². The summed E-state index contributed by atoms with van der Waals surface area (Å²) < 4.78 is 17.4. The summed E-state index contributed by atoms with van der Waals surface area (Å²) in [7, 11) is 1.68. The molecule has 2 aliphatic rings. The minimum absolute atomic E-state index is 0.607. The molecule has 4 rings (SSSR count). The fourth-order valence-electron chi connectivity index (χ4n) is 2.80. The lowest BCUT2D eigenvalue weighted by molar-refractivity contribution is -0.134. The first-order chi connectivity index (χ1) is 9.83. The molecule has 2 aliphatic heterocycles. The van der Waals surface area contributed by atoms with Crippen LogP contribution in [0.1, 0.15) is 11.1 Å². The number of ether oxygens (including phenoxy) is 3. The largest absolute Gasteiger partial charge is 0.497 e. The topological polar surface area (TPSA) is 27.7 Å². The monoisotopic (exact) mass is 286 g/mol. The highest BCUT2D eigenvalue weighted by Gasteiger charge is 2.46. The molecule has 0 bridgehead atoms. The van der Waals surface area contributed by atoms with E-state index in [4.69, 9.17) is 14.2 Å². The second kappa shape index (κ2) is 4.52. The molecule has 0 unspecified atom stereocenters. The van der Waals surface area contributed by atoms with Crippen LogP contribution >= 0.6 is 11.8 Å². The SMILES string of the molecule is COc1ccc2c(c1)C1(OCCO1)c1ccccc1S2. The van der Waals surface area contributed by atoms with Crippen molar-refractivity contribution < 1.29 is 14.2 Å². The maximum Gasteiger partial charge on any atom is 0.224 e. The Morgan fingerprint density at radius 2 is 1.75 bits per heavy atom. The van der Waals surface area contributed by atoms with Gasteiger partial charge < -0.3 is 14.2 Å². The molecule has 0 radical (unpaired) electrons. The van der Waals surface area contributed by atoms with Crippen LogP contribution in [-0.4, -0.2) is 20.3 Å². The second-order valence-corrected chi connectivity index (χ2v) is 5.86. The summed E-state index contributed by atoms with van der Waals surface area (Å²) >= 11 is 1.75. The Kier molecular flexibility index (Phi) is 2.77. The van der Waals surface area contributed by atoms with Crippen molar-refractivity contribution in [3.05, 3.63) is 53.6 Å². The number of rotatable bonds is 1. The van der Waals surface area contributed by atoms with Gasteiger partial charge in [-0.3, -0.25) is 0 Å². The lowest BCUT2D eigenvalue weighted by Gasteiger charge is -2.35. The summed E-state index contributed by atoms with van der Waals surface area (Å²) in [4.78, 5) is 2.35. The molecule has 0 saturated carbocycles. The smallest absolute Gasteiger partial charge is 0.224 e. The first-order valence-corrected chi connectivity index (χ1v) is 7.39.